The maximum atomic E-state index is 2.22. The lowest BCUT2D eigenvalue weighted by Crippen LogP contribution is -1.81. The van der Waals surface area contributed by atoms with Crippen LogP contribution in [0.3, 0.4) is 0 Å². The van der Waals surface area contributed by atoms with E-state index in [9.17, 15) is 0 Å². The zero-order valence-corrected chi connectivity index (χ0v) is 11.2. The van der Waals surface area contributed by atoms with E-state index in [-0.39, 0.29) is 0 Å². The second-order valence-electron chi connectivity index (χ2n) is 4.40. The quantitative estimate of drug-likeness (QED) is 0.623. The highest BCUT2D eigenvalue weighted by Gasteiger charge is 2.06. The van der Waals surface area contributed by atoms with Gasteiger partial charge < -0.3 is 4.57 Å². The number of fused-ring (bicyclic) bond motifs is 1. The molecule has 0 unspecified atom stereocenters. The molecule has 0 fully saturated rings. The van der Waals surface area contributed by atoms with Crippen LogP contribution in [-0.2, 0) is 12.8 Å². The molecule has 3 aromatic rings. The molecule has 3 rings (SSSR count). The molecule has 90 valence electrons. The van der Waals surface area contributed by atoms with Crippen molar-refractivity contribution in [1.29, 1.82) is 0 Å². The number of rotatable bonds is 3. The number of aryl methyl sites for hydroxylation is 1. The van der Waals surface area contributed by atoms with Crippen molar-refractivity contribution >= 4 is 22.7 Å². The summed E-state index contributed by atoms with van der Waals surface area (Å²) in [4.78, 5) is 1.36. The minimum Gasteiger partial charge on any atom is -0.349 e. The van der Waals surface area contributed by atoms with Gasteiger partial charge in [-0.25, -0.2) is 0 Å². The molecule has 0 radical (unpaired) electrons. The van der Waals surface area contributed by atoms with Gasteiger partial charge in [0.15, 0.2) is 0 Å². The SMILES string of the molecule is Cn1cc(SCc2ccccc2)c2ccccc21. The second-order valence-corrected chi connectivity index (χ2v) is 5.41. The molecule has 0 aliphatic rings. The summed E-state index contributed by atoms with van der Waals surface area (Å²) in [6, 6.07) is 19.2. The molecular weight excluding hydrogens is 238 g/mol. The van der Waals surface area contributed by atoms with Gasteiger partial charge in [0.2, 0.25) is 0 Å². The van der Waals surface area contributed by atoms with Gasteiger partial charge in [-0.3, -0.25) is 0 Å². The van der Waals surface area contributed by atoms with Gasteiger partial charge in [-0.2, -0.15) is 0 Å². The van der Waals surface area contributed by atoms with E-state index in [1.807, 2.05) is 11.8 Å². The molecule has 1 heterocycles. The van der Waals surface area contributed by atoms with E-state index >= 15 is 0 Å². The first-order valence-corrected chi connectivity index (χ1v) is 7.04. The van der Waals surface area contributed by atoms with Crippen LogP contribution in [0.15, 0.2) is 65.7 Å². The van der Waals surface area contributed by atoms with Crippen LogP contribution >= 0.6 is 11.8 Å². The van der Waals surface area contributed by atoms with E-state index in [1.54, 1.807) is 0 Å². The van der Waals surface area contributed by atoms with Gasteiger partial charge >= 0.3 is 0 Å². The highest BCUT2D eigenvalue weighted by Crippen LogP contribution is 2.31. The van der Waals surface area contributed by atoms with E-state index in [0.29, 0.717) is 0 Å². The number of hydrogen-bond acceptors (Lipinski definition) is 1. The molecule has 0 saturated carbocycles. The number of nitrogens with zero attached hydrogens (tertiary/aromatic N) is 1. The fourth-order valence-corrected chi connectivity index (χ4v) is 3.23. The topological polar surface area (TPSA) is 4.93 Å². The summed E-state index contributed by atoms with van der Waals surface area (Å²) in [5.74, 6) is 1.02. The van der Waals surface area contributed by atoms with Crippen LogP contribution in [0.25, 0.3) is 10.9 Å². The smallest absolute Gasteiger partial charge is 0.0489 e. The van der Waals surface area contributed by atoms with Crippen molar-refractivity contribution in [1.82, 2.24) is 4.57 Å². The standard InChI is InChI=1S/C16H15NS/c1-17-11-16(14-9-5-6-10-15(14)17)18-12-13-7-3-2-4-8-13/h2-11H,12H2,1H3. The van der Waals surface area contributed by atoms with Gasteiger partial charge in [0.25, 0.3) is 0 Å². The third-order valence-electron chi connectivity index (χ3n) is 3.10. The predicted octanol–water partition coefficient (Wildman–Crippen LogP) is 4.47. The minimum absolute atomic E-state index is 1.02. The van der Waals surface area contributed by atoms with Crippen molar-refractivity contribution < 1.29 is 0 Å². The predicted molar refractivity (Wildman–Crippen MR) is 78.9 cm³/mol. The zero-order valence-electron chi connectivity index (χ0n) is 10.3. The highest BCUT2D eigenvalue weighted by molar-refractivity contribution is 7.98. The van der Waals surface area contributed by atoms with Gasteiger partial charge in [0.05, 0.1) is 0 Å². The Bertz CT molecular complexity index is 655. The van der Waals surface area contributed by atoms with Crippen LogP contribution in [0, 0.1) is 0 Å². The third kappa shape index (κ3) is 2.16. The maximum absolute atomic E-state index is 2.22. The fourth-order valence-electron chi connectivity index (χ4n) is 2.15. The molecule has 0 N–H and O–H groups in total. The number of aromatic nitrogens is 1. The number of thioether (sulfide) groups is 1. The lowest BCUT2D eigenvalue weighted by Gasteiger charge is -2.00. The summed E-state index contributed by atoms with van der Waals surface area (Å²) < 4.78 is 2.20. The molecule has 1 nitrogen and oxygen atoms in total. The highest BCUT2D eigenvalue weighted by atomic mass is 32.2. The van der Waals surface area contributed by atoms with Crippen LogP contribution in [-0.4, -0.2) is 4.57 Å². The van der Waals surface area contributed by atoms with E-state index < -0.39 is 0 Å². The van der Waals surface area contributed by atoms with Crippen molar-refractivity contribution in [2.24, 2.45) is 7.05 Å². The normalized spacial score (nSPS) is 10.9. The van der Waals surface area contributed by atoms with E-state index in [4.69, 9.17) is 0 Å². The van der Waals surface area contributed by atoms with Gasteiger partial charge in [0, 0.05) is 34.8 Å². The number of para-hydroxylation sites is 1. The van der Waals surface area contributed by atoms with E-state index in [0.717, 1.165) is 5.75 Å². The Balaban J connectivity index is 1.87. The van der Waals surface area contributed by atoms with Crippen LogP contribution in [0.5, 0.6) is 0 Å². The molecule has 1 aromatic heterocycles. The van der Waals surface area contributed by atoms with Crippen LogP contribution < -0.4 is 0 Å². The fraction of sp³-hybridized carbons (Fsp3) is 0.125. The van der Waals surface area contributed by atoms with E-state index in [2.05, 4.69) is 72.4 Å². The summed E-state index contributed by atoms with van der Waals surface area (Å²) in [5, 5.41) is 1.35. The molecule has 0 aliphatic heterocycles. The first kappa shape index (κ1) is 11.4. The Kier molecular flexibility index (Phi) is 3.11. The van der Waals surface area contributed by atoms with E-state index in [1.165, 1.54) is 21.4 Å². The lowest BCUT2D eigenvalue weighted by atomic mass is 10.2. The molecule has 0 saturated heterocycles. The Morgan fingerprint density at radius 1 is 0.944 bits per heavy atom. The number of benzene rings is 2. The summed E-state index contributed by atoms with van der Waals surface area (Å²) >= 11 is 1.90. The van der Waals surface area contributed by atoms with Crippen molar-refractivity contribution in [2.45, 2.75) is 10.6 Å². The Hall–Kier alpha value is -1.67. The van der Waals surface area contributed by atoms with Crippen molar-refractivity contribution in [3.8, 4) is 0 Å². The van der Waals surface area contributed by atoms with Gasteiger partial charge in [-0.1, -0.05) is 48.5 Å². The lowest BCUT2D eigenvalue weighted by molar-refractivity contribution is 0.957. The average molecular weight is 253 g/mol. The van der Waals surface area contributed by atoms with Crippen LogP contribution in [0.4, 0.5) is 0 Å². The first-order chi connectivity index (χ1) is 8.84. The van der Waals surface area contributed by atoms with Crippen molar-refractivity contribution in [3.05, 3.63) is 66.4 Å². The molecule has 0 aliphatic carbocycles. The van der Waals surface area contributed by atoms with Crippen LogP contribution in [0.1, 0.15) is 5.56 Å². The van der Waals surface area contributed by atoms with Crippen molar-refractivity contribution in [2.75, 3.05) is 0 Å². The molecule has 2 aromatic carbocycles. The van der Waals surface area contributed by atoms with Crippen LogP contribution in [0.2, 0.25) is 0 Å². The zero-order chi connectivity index (χ0) is 12.4. The maximum Gasteiger partial charge on any atom is 0.0489 e. The molecule has 0 amide bonds. The molecular formula is C16H15NS. The monoisotopic (exact) mass is 253 g/mol. The Labute approximate surface area is 111 Å². The molecule has 0 bridgehead atoms. The van der Waals surface area contributed by atoms with Gasteiger partial charge in [0.1, 0.15) is 0 Å². The average Bonchev–Trinajstić information content (AvgIpc) is 2.75. The summed E-state index contributed by atoms with van der Waals surface area (Å²) in [5.41, 5.74) is 2.67. The molecule has 0 spiro atoms. The third-order valence-corrected chi connectivity index (χ3v) is 4.21. The summed E-state index contributed by atoms with van der Waals surface area (Å²) in [6.45, 7) is 0. The summed E-state index contributed by atoms with van der Waals surface area (Å²) in [6.07, 6.45) is 2.22. The first-order valence-electron chi connectivity index (χ1n) is 6.05. The minimum atomic E-state index is 1.02. The molecule has 0 atom stereocenters. The summed E-state index contributed by atoms with van der Waals surface area (Å²) in [7, 11) is 2.11. The number of hydrogen-bond donors (Lipinski definition) is 0. The van der Waals surface area contributed by atoms with Gasteiger partial charge in [-0.15, -0.1) is 11.8 Å². The molecule has 18 heavy (non-hydrogen) atoms. The molecule has 2 heteroatoms. The largest absolute Gasteiger partial charge is 0.349 e. The Morgan fingerprint density at radius 2 is 1.67 bits per heavy atom. The van der Waals surface area contributed by atoms with Crippen molar-refractivity contribution in [3.63, 3.8) is 0 Å². The second kappa shape index (κ2) is 4.91. The van der Waals surface area contributed by atoms with Gasteiger partial charge in [-0.05, 0) is 11.6 Å². The Morgan fingerprint density at radius 3 is 2.50 bits per heavy atom.